The minimum Gasteiger partial charge on any atom is -0.364 e. The lowest BCUT2D eigenvalue weighted by Gasteiger charge is -2.06. The molecule has 96 valence electrons. The highest BCUT2D eigenvalue weighted by atomic mass is 35.5. The second-order valence-corrected chi connectivity index (χ2v) is 5.55. The van der Waals surface area contributed by atoms with Crippen LogP contribution in [0.3, 0.4) is 0 Å². The summed E-state index contributed by atoms with van der Waals surface area (Å²) in [7, 11) is 0. The Morgan fingerprint density at radius 1 is 1.33 bits per heavy atom. The van der Waals surface area contributed by atoms with Crippen LogP contribution >= 0.6 is 34.9 Å². The SMILES string of the molecule is CSNc1ccc(-c2cc(C(O)O)cs2)c(Cl)c1. The number of hydrogen-bond donors (Lipinski definition) is 3. The van der Waals surface area contributed by atoms with Crippen molar-refractivity contribution in [3.05, 3.63) is 40.2 Å². The maximum atomic E-state index is 9.08. The van der Waals surface area contributed by atoms with Gasteiger partial charge in [-0.05, 0) is 29.6 Å². The summed E-state index contributed by atoms with van der Waals surface area (Å²) in [5.41, 5.74) is 2.31. The molecule has 0 atom stereocenters. The number of benzene rings is 1. The summed E-state index contributed by atoms with van der Waals surface area (Å²) >= 11 is 9.16. The molecule has 0 saturated heterocycles. The van der Waals surface area contributed by atoms with E-state index in [9.17, 15) is 0 Å². The monoisotopic (exact) mass is 301 g/mol. The Morgan fingerprint density at radius 3 is 2.67 bits per heavy atom. The maximum absolute atomic E-state index is 9.08. The number of thiophene rings is 1. The van der Waals surface area contributed by atoms with Gasteiger partial charge in [0.15, 0.2) is 6.29 Å². The van der Waals surface area contributed by atoms with Crippen LogP contribution in [0.4, 0.5) is 5.69 Å². The highest BCUT2D eigenvalue weighted by Crippen LogP contribution is 2.35. The van der Waals surface area contributed by atoms with E-state index in [4.69, 9.17) is 21.8 Å². The van der Waals surface area contributed by atoms with Crippen LogP contribution in [-0.2, 0) is 0 Å². The molecule has 0 amide bonds. The summed E-state index contributed by atoms with van der Waals surface area (Å²) in [6, 6.07) is 7.44. The maximum Gasteiger partial charge on any atom is 0.179 e. The predicted molar refractivity (Wildman–Crippen MR) is 79.1 cm³/mol. The molecule has 2 aromatic rings. The number of halogens is 1. The van der Waals surface area contributed by atoms with Gasteiger partial charge in [-0.1, -0.05) is 23.5 Å². The van der Waals surface area contributed by atoms with Gasteiger partial charge in [0.1, 0.15) is 0 Å². The van der Waals surface area contributed by atoms with Gasteiger partial charge in [0.05, 0.1) is 5.02 Å². The Kier molecular flexibility index (Phi) is 4.53. The first kappa shape index (κ1) is 13.7. The van der Waals surface area contributed by atoms with Crippen molar-refractivity contribution in [3.63, 3.8) is 0 Å². The molecule has 1 heterocycles. The molecule has 0 aliphatic heterocycles. The lowest BCUT2D eigenvalue weighted by Crippen LogP contribution is -1.90. The predicted octanol–water partition coefficient (Wildman–Crippen LogP) is 3.74. The van der Waals surface area contributed by atoms with Crippen LogP contribution in [0.15, 0.2) is 29.6 Å². The number of aliphatic hydroxyl groups is 2. The molecule has 3 N–H and O–H groups in total. The van der Waals surface area contributed by atoms with Crippen LogP contribution < -0.4 is 4.72 Å². The average molecular weight is 302 g/mol. The third-order valence-corrected chi connectivity index (χ3v) is 4.11. The van der Waals surface area contributed by atoms with Crippen LogP contribution in [0.2, 0.25) is 5.02 Å². The molecular weight excluding hydrogens is 290 g/mol. The topological polar surface area (TPSA) is 52.5 Å². The van der Waals surface area contributed by atoms with Gasteiger partial charge < -0.3 is 14.9 Å². The van der Waals surface area contributed by atoms with Crippen molar-refractivity contribution in [1.29, 1.82) is 0 Å². The van der Waals surface area contributed by atoms with Crippen molar-refractivity contribution in [2.45, 2.75) is 6.29 Å². The molecule has 1 aromatic carbocycles. The molecule has 2 rings (SSSR count). The minimum atomic E-state index is -1.44. The van der Waals surface area contributed by atoms with Gasteiger partial charge in [-0.15, -0.1) is 11.3 Å². The van der Waals surface area contributed by atoms with Gasteiger partial charge in [-0.25, -0.2) is 0 Å². The summed E-state index contributed by atoms with van der Waals surface area (Å²) in [4.78, 5) is 0.916. The lowest BCUT2D eigenvalue weighted by molar-refractivity contribution is -0.0421. The summed E-state index contributed by atoms with van der Waals surface area (Å²) in [5.74, 6) is 0. The smallest absolute Gasteiger partial charge is 0.179 e. The van der Waals surface area contributed by atoms with Gasteiger partial charge >= 0.3 is 0 Å². The molecule has 0 spiro atoms. The Hall–Kier alpha value is -0.720. The van der Waals surface area contributed by atoms with E-state index in [1.54, 1.807) is 11.4 Å². The highest BCUT2D eigenvalue weighted by Gasteiger charge is 2.10. The second-order valence-electron chi connectivity index (χ2n) is 3.62. The molecule has 18 heavy (non-hydrogen) atoms. The zero-order valence-corrected chi connectivity index (χ0v) is 11.9. The number of anilines is 1. The van der Waals surface area contributed by atoms with E-state index in [0.717, 1.165) is 16.1 Å². The number of aliphatic hydroxyl groups excluding tert-OH is 1. The van der Waals surface area contributed by atoms with Gasteiger partial charge in [-0.2, -0.15) is 0 Å². The molecule has 0 bridgehead atoms. The van der Waals surface area contributed by atoms with Crippen molar-refractivity contribution in [1.82, 2.24) is 0 Å². The minimum absolute atomic E-state index is 0.484. The van der Waals surface area contributed by atoms with E-state index in [1.807, 2.05) is 24.5 Å². The molecule has 0 unspecified atom stereocenters. The van der Waals surface area contributed by atoms with Crippen molar-refractivity contribution in [2.75, 3.05) is 11.0 Å². The van der Waals surface area contributed by atoms with Gasteiger partial charge in [0, 0.05) is 27.9 Å². The summed E-state index contributed by atoms with van der Waals surface area (Å²) in [6.45, 7) is 0. The standard InChI is InChI=1S/C12H12ClNO2S2/c1-17-14-8-2-3-9(10(13)5-8)11-4-7(6-18-11)12(15)16/h2-6,12,14-16H,1H3. The Balaban J connectivity index is 2.32. The van der Waals surface area contributed by atoms with E-state index in [0.29, 0.717) is 10.6 Å². The zero-order chi connectivity index (χ0) is 13.1. The summed E-state index contributed by atoms with van der Waals surface area (Å²) in [5, 5.41) is 20.5. The fourth-order valence-electron chi connectivity index (χ4n) is 1.52. The third-order valence-electron chi connectivity index (χ3n) is 2.37. The van der Waals surface area contributed by atoms with Crippen LogP contribution in [0, 0.1) is 0 Å². The highest BCUT2D eigenvalue weighted by molar-refractivity contribution is 7.99. The van der Waals surface area contributed by atoms with Crippen molar-refractivity contribution >= 4 is 40.6 Å². The molecule has 0 aliphatic rings. The first-order valence-electron chi connectivity index (χ1n) is 5.15. The number of nitrogens with one attached hydrogen (secondary N) is 1. The zero-order valence-electron chi connectivity index (χ0n) is 9.55. The fourth-order valence-corrected chi connectivity index (χ4v) is 3.19. The normalized spacial score (nSPS) is 10.9. The average Bonchev–Trinajstić information content (AvgIpc) is 2.79. The van der Waals surface area contributed by atoms with Gasteiger partial charge in [-0.3, -0.25) is 0 Å². The summed E-state index contributed by atoms with van der Waals surface area (Å²) in [6.07, 6.45) is 0.502. The van der Waals surface area contributed by atoms with E-state index in [2.05, 4.69) is 4.72 Å². The van der Waals surface area contributed by atoms with Crippen molar-refractivity contribution in [2.24, 2.45) is 0 Å². The first-order valence-corrected chi connectivity index (χ1v) is 7.63. The van der Waals surface area contributed by atoms with Crippen molar-refractivity contribution in [3.8, 4) is 10.4 Å². The largest absolute Gasteiger partial charge is 0.364 e. The van der Waals surface area contributed by atoms with E-state index < -0.39 is 6.29 Å². The number of hydrogen-bond acceptors (Lipinski definition) is 5. The Morgan fingerprint density at radius 2 is 2.11 bits per heavy atom. The van der Waals surface area contributed by atoms with Gasteiger partial charge in [0.2, 0.25) is 0 Å². The van der Waals surface area contributed by atoms with Crippen LogP contribution in [0.25, 0.3) is 10.4 Å². The second kappa shape index (κ2) is 5.95. The number of rotatable bonds is 4. The van der Waals surface area contributed by atoms with E-state index in [-0.39, 0.29) is 0 Å². The molecule has 6 heteroatoms. The molecule has 0 radical (unpaired) electrons. The molecular formula is C12H12ClNO2S2. The van der Waals surface area contributed by atoms with Crippen molar-refractivity contribution < 1.29 is 10.2 Å². The Labute approximate surface area is 119 Å². The molecule has 0 fully saturated rings. The van der Waals surface area contributed by atoms with E-state index in [1.165, 1.54) is 23.3 Å². The Bertz CT molecular complexity index is 543. The first-order chi connectivity index (χ1) is 8.61. The molecule has 3 nitrogen and oxygen atoms in total. The summed E-state index contributed by atoms with van der Waals surface area (Å²) < 4.78 is 3.11. The molecule has 0 aliphatic carbocycles. The lowest BCUT2D eigenvalue weighted by atomic mass is 10.1. The van der Waals surface area contributed by atoms with Crippen LogP contribution in [0.5, 0.6) is 0 Å². The van der Waals surface area contributed by atoms with Crippen LogP contribution in [0.1, 0.15) is 11.9 Å². The molecule has 1 aromatic heterocycles. The fraction of sp³-hybridized carbons (Fsp3) is 0.167. The third kappa shape index (κ3) is 2.99. The molecule has 0 saturated carbocycles. The van der Waals surface area contributed by atoms with E-state index >= 15 is 0 Å². The van der Waals surface area contributed by atoms with Crippen LogP contribution in [-0.4, -0.2) is 16.5 Å². The quantitative estimate of drug-likeness (QED) is 0.595. The van der Waals surface area contributed by atoms with Gasteiger partial charge in [0.25, 0.3) is 0 Å².